The average molecular weight is 321 g/mol. The summed E-state index contributed by atoms with van der Waals surface area (Å²) >= 11 is 0. The molecule has 0 radical (unpaired) electrons. The third-order valence-corrected chi connectivity index (χ3v) is 3.57. The molecule has 4 aromatic rings. The zero-order valence-electron chi connectivity index (χ0n) is 12.7. The molecule has 1 aromatic carbocycles. The minimum Gasteiger partial charge on any atom is -0.369 e. The van der Waals surface area contributed by atoms with Crippen LogP contribution in [0.2, 0.25) is 0 Å². The molecule has 9 heteroatoms. The summed E-state index contributed by atoms with van der Waals surface area (Å²) in [6.45, 7) is 0.636. The number of H-pyrrole nitrogens is 1. The Balaban J connectivity index is 1.57. The highest BCUT2D eigenvalue weighted by atomic mass is 15.3. The fraction of sp³-hybridized carbons (Fsp3) is 0.133. The molecular weight excluding hydrogens is 306 g/mol. The minimum atomic E-state index is 0.249. The van der Waals surface area contributed by atoms with Crippen LogP contribution in [0.3, 0.4) is 0 Å². The van der Waals surface area contributed by atoms with Crippen LogP contribution in [0.4, 0.5) is 11.8 Å². The van der Waals surface area contributed by atoms with Crippen molar-refractivity contribution in [2.75, 3.05) is 17.6 Å². The molecule has 24 heavy (non-hydrogen) atoms. The minimum absolute atomic E-state index is 0.249. The Morgan fingerprint density at radius 3 is 2.83 bits per heavy atom. The molecule has 0 amide bonds. The molecule has 0 aliphatic rings. The number of fused-ring (bicyclic) bond motifs is 1. The van der Waals surface area contributed by atoms with E-state index in [4.69, 9.17) is 5.73 Å². The van der Waals surface area contributed by atoms with Crippen molar-refractivity contribution in [2.45, 2.75) is 6.42 Å². The highest BCUT2D eigenvalue weighted by molar-refractivity contribution is 5.87. The van der Waals surface area contributed by atoms with E-state index < -0.39 is 0 Å². The molecule has 0 atom stereocenters. The summed E-state index contributed by atoms with van der Waals surface area (Å²) in [5.41, 5.74) is 7.19. The van der Waals surface area contributed by atoms with Gasteiger partial charge in [0.2, 0.25) is 5.95 Å². The molecule has 4 rings (SSSR count). The van der Waals surface area contributed by atoms with Gasteiger partial charge in [-0.3, -0.25) is 5.10 Å². The van der Waals surface area contributed by atoms with Gasteiger partial charge in [0.25, 0.3) is 0 Å². The van der Waals surface area contributed by atoms with E-state index in [1.165, 1.54) is 6.33 Å². The number of hydrogen-bond donors (Lipinski definition) is 3. The van der Waals surface area contributed by atoms with Crippen LogP contribution in [-0.4, -0.2) is 41.5 Å². The normalized spacial score (nSPS) is 11.0. The number of para-hydroxylation sites is 1. The van der Waals surface area contributed by atoms with Crippen molar-refractivity contribution in [3.05, 3.63) is 48.7 Å². The second-order valence-corrected chi connectivity index (χ2v) is 5.17. The second-order valence-electron chi connectivity index (χ2n) is 5.17. The molecule has 3 aromatic heterocycles. The van der Waals surface area contributed by atoms with Crippen molar-refractivity contribution in [2.24, 2.45) is 0 Å². The smallest absolute Gasteiger partial charge is 0.239 e. The quantitative estimate of drug-likeness (QED) is 0.504. The summed E-state index contributed by atoms with van der Waals surface area (Å²) < 4.78 is 1.79. The summed E-state index contributed by atoms with van der Waals surface area (Å²) in [5.74, 6) is 1.71. The van der Waals surface area contributed by atoms with Gasteiger partial charge in [0.15, 0.2) is 5.65 Å². The van der Waals surface area contributed by atoms with Crippen molar-refractivity contribution in [3.8, 4) is 5.69 Å². The molecule has 120 valence electrons. The van der Waals surface area contributed by atoms with Crippen LogP contribution in [0.1, 0.15) is 5.82 Å². The van der Waals surface area contributed by atoms with Gasteiger partial charge in [-0.1, -0.05) is 18.2 Å². The fourth-order valence-corrected chi connectivity index (χ4v) is 2.46. The maximum Gasteiger partial charge on any atom is 0.239 e. The first-order valence-electron chi connectivity index (χ1n) is 7.46. The predicted molar refractivity (Wildman–Crippen MR) is 89.6 cm³/mol. The number of rotatable bonds is 5. The molecule has 0 saturated heterocycles. The van der Waals surface area contributed by atoms with Crippen LogP contribution in [0.5, 0.6) is 0 Å². The van der Waals surface area contributed by atoms with Gasteiger partial charge < -0.3 is 11.1 Å². The lowest BCUT2D eigenvalue weighted by Crippen LogP contribution is -2.08. The third-order valence-electron chi connectivity index (χ3n) is 3.57. The molecule has 4 N–H and O–H groups in total. The largest absolute Gasteiger partial charge is 0.369 e. The number of aromatic nitrogens is 7. The Kier molecular flexibility index (Phi) is 3.50. The Labute approximate surface area is 137 Å². The van der Waals surface area contributed by atoms with Gasteiger partial charge in [-0.15, -0.1) is 5.10 Å². The molecule has 0 aliphatic heterocycles. The van der Waals surface area contributed by atoms with Gasteiger partial charge >= 0.3 is 0 Å². The standard InChI is InChI=1S/C15H15N9/c16-15-21-12(22-23-15)6-7-17-13-11-8-20-24(14(11)19-9-18-13)10-4-2-1-3-5-10/h1-5,8-9H,6-7H2,(H,17,18,19)(H3,16,21,22,23). The Morgan fingerprint density at radius 2 is 2.04 bits per heavy atom. The number of nitrogen functional groups attached to an aromatic ring is 1. The first-order chi connectivity index (χ1) is 11.8. The van der Waals surface area contributed by atoms with E-state index in [1.807, 2.05) is 30.3 Å². The number of benzene rings is 1. The molecule has 9 nitrogen and oxygen atoms in total. The van der Waals surface area contributed by atoms with Crippen molar-refractivity contribution in [3.63, 3.8) is 0 Å². The molecule has 0 unspecified atom stereocenters. The molecule has 0 spiro atoms. The SMILES string of the molecule is Nc1n[nH]c(CCNc2ncnc3c2cnn3-c2ccccc2)n1. The third kappa shape index (κ3) is 2.62. The molecule has 0 fully saturated rings. The summed E-state index contributed by atoms with van der Waals surface area (Å²) in [4.78, 5) is 12.7. The number of nitrogens with zero attached hydrogens (tertiary/aromatic N) is 6. The number of aromatic amines is 1. The van der Waals surface area contributed by atoms with Gasteiger partial charge in [0.05, 0.1) is 17.3 Å². The lowest BCUT2D eigenvalue weighted by molar-refractivity contribution is 0.891. The Bertz CT molecular complexity index is 957. The van der Waals surface area contributed by atoms with Gasteiger partial charge in [-0.25, -0.2) is 14.6 Å². The number of anilines is 2. The van der Waals surface area contributed by atoms with E-state index in [9.17, 15) is 0 Å². The van der Waals surface area contributed by atoms with Gasteiger partial charge in [0, 0.05) is 13.0 Å². The van der Waals surface area contributed by atoms with Crippen molar-refractivity contribution in [1.29, 1.82) is 0 Å². The first-order valence-corrected chi connectivity index (χ1v) is 7.46. The van der Waals surface area contributed by atoms with Gasteiger partial charge in [-0.05, 0) is 12.1 Å². The van der Waals surface area contributed by atoms with E-state index in [2.05, 4.69) is 35.6 Å². The van der Waals surface area contributed by atoms with Crippen molar-refractivity contribution >= 4 is 22.8 Å². The highest BCUT2D eigenvalue weighted by Crippen LogP contribution is 2.21. The summed E-state index contributed by atoms with van der Waals surface area (Å²) in [6, 6.07) is 9.86. The maximum atomic E-state index is 5.49. The number of nitrogens with one attached hydrogen (secondary N) is 2. The summed E-state index contributed by atoms with van der Waals surface area (Å²) in [5, 5.41) is 15.1. The zero-order chi connectivity index (χ0) is 16.4. The second kappa shape index (κ2) is 5.95. The summed E-state index contributed by atoms with van der Waals surface area (Å²) in [7, 11) is 0. The lowest BCUT2D eigenvalue weighted by Gasteiger charge is -2.06. The van der Waals surface area contributed by atoms with Crippen LogP contribution in [0, 0.1) is 0 Å². The van der Waals surface area contributed by atoms with Crippen LogP contribution in [0.15, 0.2) is 42.9 Å². The molecular formula is C15H15N9. The first kappa shape index (κ1) is 14.1. The zero-order valence-corrected chi connectivity index (χ0v) is 12.7. The molecule has 0 aliphatic carbocycles. The summed E-state index contributed by atoms with van der Waals surface area (Å²) in [6.07, 6.45) is 3.94. The van der Waals surface area contributed by atoms with Crippen molar-refractivity contribution in [1.82, 2.24) is 34.9 Å². The maximum absolute atomic E-state index is 5.49. The van der Waals surface area contributed by atoms with Gasteiger partial charge in [-0.2, -0.15) is 10.1 Å². The van der Waals surface area contributed by atoms with Crippen LogP contribution >= 0.6 is 0 Å². The average Bonchev–Trinajstić information content (AvgIpc) is 3.22. The molecule has 0 saturated carbocycles. The van der Waals surface area contributed by atoms with E-state index in [0.717, 1.165) is 28.4 Å². The fourth-order valence-electron chi connectivity index (χ4n) is 2.46. The van der Waals surface area contributed by atoms with Crippen molar-refractivity contribution < 1.29 is 0 Å². The Morgan fingerprint density at radius 1 is 1.17 bits per heavy atom. The van der Waals surface area contributed by atoms with E-state index in [-0.39, 0.29) is 5.95 Å². The van der Waals surface area contributed by atoms with Crippen LogP contribution in [0.25, 0.3) is 16.7 Å². The Hall–Kier alpha value is -3.49. The van der Waals surface area contributed by atoms with Crippen LogP contribution in [-0.2, 0) is 6.42 Å². The highest BCUT2D eigenvalue weighted by Gasteiger charge is 2.10. The van der Waals surface area contributed by atoms with Crippen LogP contribution < -0.4 is 11.1 Å². The van der Waals surface area contributed by atoms with E-state index in [1.54, 1.807) is 10.9 Å². The van der Waals surface area contributed by atoms with E-state index >= 15 is 0 Å². The lowest BCUT2D eigenvalue weighted by atomic mass is 10.3. The van der Waals surface area contributed by atoms with E-state index in [0.29, 0.717) is 13.0 Å². The molecule has 3 heterocycles. The molecule has 0 bridgehead atoms. The monoisotopic (exact) mass is 321 g/mol. The topological polar surface area (TPSA) is 123 Å². The number of hydrogen-bond acceptors (Lipinski definition) is 7. The predicted octanol–water partition coefficient (Wildman–Crippen LogP) is 1.17. The van der Waals surface area contributed by atoms with Gasteiger partial charge in [0.1, 0.15) is 18.0 Å². The number of nitrogens with two attached hydrogens (primary N) is 1.